The van der Waals surface area contributed by atoms with Gasteiger partial charge < -0.3 is 10.7 Å². The van der Waals surface area contributed by atoms with E-state index < -0.39 is 0 Å². The second kappa shape index (κ2) is 4.21. The van der Waals surface area contributed by atoms with Gasteiger partial charge in [0.2, 0.25) is 0 Å². The summed E-state index contributed by atoms with van der Waals surface area (Å²) < 4.78 is 0. The maximum Gasteiger partial charge on any atom is 0.111 e. The van der Waals surface area contributed by atoms with E-state index >= 15 is 0 Å². The van der Waals surface area contributed by atoms with Crippen molar-refractivity contribution in [2.24, 2.45) is 5.73 Å². The van der Waals surface area contributed by atoms with Gasteiger partial charge in [-0.15, -0.1) is 0 Å². The van der Waals surface area contributed by atoms with E-state index in [1.54, 1.807) is 0 Å². The first-order chi connectivity index (χ1) is 7.26. The summed E-state index contributed by atoms with van der Waals surface area (Å²) in [6, 6.07) is 5.73. The van der Waals surface area contributed by atoms with Gasteiger partial charge in [0, 0.05) is 12.5 Å². The van der Waals surface area contributed by atoms with Crippen LogP contribution in [0.5, 0.6) is 0 Å². The van der Waals surface area contributed by atoms with E-state index in [2.05, 4.69) is 16.9 Å². The number of fused-ring (bicyclic) bond motifs is 1. The van der Waals surface area contributed by atoms with Gasteiger partial charge in [0.15, 0.2) is 0 Å². The number of aromatic nitrogens is 2. The molecule has 0 spiro atoms. The van der Waals surface area contributed by atoms with E-state index in [4.69, 9.17) is 17.3 Å². The molecule has 1 heterocycles. The quantitative estimate of drug-likeness (QED) is 0.841. The molecule has 0 saturated heterocycles. The van der Waals surface area contributed by atoms with Crippen molar-refractivity contribution in [1.82, 2.24) is 9.97 Å². The first-order valence-corrected chi connectivity index (χ1v) is 5.48. The average molecular weight is 224 g/mol. The maximum absolute atomic E-state index is 6.05. The molecule has 1 atom stereocenters. The summed E-state index contributed by atoms with van der Waals surface area (Å²) >= 11 is 6.05. The first-order valence-electron chi connectivity index (χ1n) is 5.10. The predicted molar refractivity (Wildman–Crippen MR) is 63.2 cm³/mol. The molecule has 0 aliphatic rings. The minimum Gasteiger partial charge on any atom is -0.342 e. The molecule has 0 aliphatic carbocycles. The van der Waals surface area contributed by atoms with Gasteiger partial charge in [-0.05, 0) is 18.6 Å². The molecule has 0 saturated carbocycles. The molecule has 2 rings (SSSR count). The second-order valence-electron chi connectivity index (χ2n) is 3.60. The van der Waals surface area contributed by atoms with Crippen molar-refractivity contribution < 1.29 is 0 Å². The fourth-order valence-electron chi connectivity index (χ4n) is 1.68. The predicted octanol–water partition coefficient (Wildman–Crippen LogP) is 2.67. The van der Waals surface area contributed by atoms with Gasteiger partial charge in [-0.3, -0.25) is 0 Å². The number of nitrogens with two attached hydrogens (primary N) is 1. The Morgan fingerprint density at radius 2 is 2.33 bits per heavy atom. The lowest BCUT2D eigenvalue weighted by molar-refractivity contribution is 0.641. The number of nitrogens with zero attached hydrogens (tertiary/aromatic N) is 1. The molecule has 0 radical (unpaired) electrons. The Kier molecular flexibility index (Phi) is 2.93. The molecule has 1 aromatic carbocycles. The third-order valence-electron chi connectivity index (χ3n) is 2.65. The summed E-state index contributed by atoms with van der Waals surface area (Å²) in [7, 11) is 0. The lowest BCUT2D eigenvalue weighted by Crippen LogP contribution is -2.12. The van der Waals surface area contributed by atoms with Crippen LogP contribution in [0.2, 0.25) is 5.02 Å². The van der Waals surface area contributed by atoms with Crippen LogP contribution in [0.3, 0.4) is 0 Å². The van der Waals surface area contributed by atoms with Crippen LogP contribution >= 0.6 is 11.6 Å². The number of hydrogen-bond acceptors (Lipinski definition) is 2. The van der Waals surface area contributed by atoms with Crippen molar-refractivity contribution in [2.75, 3.05) is 6.54 Å². The van der Waals surface area contributed by atoms with Crippen LogP contribution in [0.15, 0.2) is 18.2 Å². The van der Waals surface area contributed by atoms with E-state index in [1.165, 1.54) is 0 Å². The van der Waals surface area contributed by atoms with Crippen LogP contribution in [0.1, 0.15) is 25.1 Å². The lowest BCUT2D eigenvalue weighted by atomic mass is 10.1. The van der Waals surface area contributed by atoms with Crippen LogP contribution in [0.25, 0.3) is 11.0 Å². The maximum atomic E-state index is 6.05. The number of nitrogens with one attached hydrogen (secondary N) is 1. The summed E-state index contributed by atoms with van der Waals surface area (Å²) in [6.45, 7) is 2.71. The van der Waals surface area contributed by atoms with Crippen molar-refractivity contribution in [3.63, 3.8) is 0 Å². The number of rotatable bonds is 3. The lowest BCUT2D eigenvalue weighted by Gasteiger charge is -2.07. The van der Waals surface area contributed by atoms with Crippen molar-refractivity contribution >= 4 is 22.6 Å². The van der Waals surface area contributed by atoms with E-state index in [0.717, 1.165) is 23.3 Å². The largest absolute Gasteiger partial charge is 0.342 e. The molecule has 15 heavy (non-hydrogen) atoms. The van der Waals surface area contributed by atoms with Crippen molar-refractivity contribution in [2.45, 2.75) is 19.3 Å². The zero-order chi connectivity index (χ0) is 10.8. The third-order valence-corrected chi connectivity index (χ3v) is 2.95. The fourth-order valence-corrected chi connectivity index (χ4v) is 1.90. The minimum atomic E-state index is 0.286. The molecule has 3 nitrogen and oxygen atoms in total. The molecule has 2 aromatic rings. The SMILES string of the molecule is CCC(CN)c1nc2c(Cl)cccc2[nH]1. The van der Waals surface area contributed by atoms with E-state index in [0.29, 0.717) is 11.6 Å². The highest BCUT2D eigenvalue weighted by molar-refractivity contribution is 6.34. The number of aromatic amines is 1. The Bertz CT molecular complexity index is 460. The molecule has 4 heteroatoms. The van der Waals surface area contributed by atoms with Gasteiger partial charge in [-0.2, -0.15) is 0 Å². The van der Waals surface area contributed by atoms with Crippen molar-refractivity contribution in [3.05, 3.63) is 29.0 Å². The zero-order valence-electron chi connectivity index (χ0n) is 8.63. The third kappa shape index (κ3) is 1.85. The van der Waals surface area contributed by atoms with Crippen LogP contribution in [0.4, 0.5) is 0 Å². The molecule has 1 unspecified atom stereocenters. The van der Waals surface area contributed by atoms with Gasteiger partial charge in [0.25, 0.3) is 0 Å². The molecule has 0 bridgehead atoms. The van der Waals surface area contributed by atoms with Crippen LogP contribution in [-0.4, -0.2) is 16.5 Å². The number of benzene rings is 1. The average Bonchev–Trinajstić information content (AvgIpc) is 2.65. The highest BCUT2D eigenvalue weighted by atomic mass is 35.5. The summed E-state index contributed by atoms with van der Waals surface area (Å²) in [4.78, 5) is 7.75. The Labute approximate surface area is 93.6 Å². The van der Waals surface area contributed by atoms with Gasteiger partial charge in [-0.25, -0.2) is 4.98 Å². The van der Waals surface area contributed by atoms with Crippen molar-refractivity contribution in [1.29, 1.82) is 0 Å². The topological polar surface area (TPSA) is 54.7 Å². The molecule has 0 amide bonds. The zero-order valence-corrected chi connectivity index (χ0v) is 9.38. The summed E-state index contributed by atoms with van der Waals surface area (Å²) in [5.74, 6) is 1.22. The van der Waals surface area contributed by atoms with E-state index in [-0.39, 0.29) is 5.92 Å². The molecule has 0 fully saturated rings. The smallest absolute Gasteiger partial charge is 0.111 e. The molecule has 0 aliphatic heterocycles. The Morgan fingerprint density at radius 1 is 1.53 bits per heavy atom. The molecule has 80 valence electrons. The second-order valence-corrected chi connectivity index (χ2v) is 4.01. The normalized spacial score (nSPS) is 13.3. The van der Waals surface area contributed by atoms with Gasteiger partial charge >= 0.3 is 0 Å². The van der Waals surface area contributed by atoms with E-state index in [1.807, 2.05) is 18.2 Å². The molecule has 3 N–H and O–H groups in total. The Balaban J connectivity index is 2.51. The van der Waals surface area contributed by atoms with Crippen LogP contribution in [-0.2, 0) is 0 Å². The number of para-hydroxylation sites is 1. The van der Waals surface area contributed by atoms with Crippen LogP contribution < -0.4 is 5.73 Å². The summed E-state index contributed by atoms with van der Waals surface area (Å²) in [5, 5.41) is 0.682. The van der Waals surface area contributed by atoms with E-state index in [9.17, 15) is 0 Å². The van der Waals surface area contributed by atoms with Crippen LogP contribution in [0, 0.1) is 0 Å². The molecular formula is C11H14ClN3. The Morgan fingerprint density at radius 3 is 2.93 bits per heavy atom. The molecule has 1 aromatic heterocycles. The number of H-pyrrole nitrogens is 1. The number of imidazole rings is 1. The van der Waals surface area contributed by atoms with Gasteiger partial charge in [0.1, 0.15) is 11.3 Å². The highest BCUT2D eigenvalue weighted by Crippen LogP contribution is 2.24. The summed E-state index contributed by atoms with van der Waals surface area (Å²) in [5.41, 5.74) is 7.49. The van der Waals surface area contributed by atoms with Gasteiger partial charge in [-0.1, -0.05) is 24.6 Å². The standard InChI is InChI=1S/C11H14ClN3/c1-2-7(6-13)11-14-9-5-3-4-8(12)10(9)15-11/h3-5,7H,2,6,13H2,1H3,(H,14,15). The minimum absolute atomic E-state index is 0.286. The molecular weight excluding hydrogens is 210 g/mol. The first kappa shape index (κ1) is 10.5. The summed E-state index contributed by atoms with van der Waals surface area (Å²) in [6.07, 6.45) is 0.980. The monoisotopic (exact) mass is 223 g/mol. The fraction of sp³-hybridized carbons (Fsp3) is 0.364. The Hall–Kier alpha value is -1.06. The number of hydrogen-bond donors (Lipinski definition) is 2. The highest BCUT2D eigenvalue weighted by Gasteiger charge is 2.13. The number of halogens is 1. The van der Waals surface area contributed by atoms with Crippen molar-refractivity contribution in [3.8, 4) is 0 Å². The van der Waals surface area contributed by atoms with Gasteiger partial charge in [0.05, 0.1) is 10.5 Å².